The van der Waals surface area contributed by atoms with Crippen molar-refractivity contribution < 1.29 is 14.3 Å². The number of carbonyl (C=O) groups is 1. The standard InChI is InChI=1S/C28H38O3Si/c1-5-15-24(21-22-29)27(30)20-13-8-14-23-31-32(28(2,3)4,25-16-9-6-10-17-25)26-18-11-7-12-19-26/h5-7,9-12,16-19,21-22,27,30H,1,8,13-15,20,23H2,2-4H3/b24-21-. The highest BCUT2D eigenvalue weighted by Crippen LogP contribution is 2.36. The molecule has 2 rings (SSSR count). The van der Waals surface area contributed by atoms with E-state index in [1.54, 1.807) is 6.08 Å². The molecule has 0 aliphatic carbocycles. The summed E-state index contributed by atoms with van der Waals surface area (Å²) < 4.78 is 6.90. The van der Waals surface area contributed by atoms with Crippen molar-refractivity contribution in [2.45, 2.75) is 64.0 Å². The van der Waals surface area contributed by atoms with E-state index in [0.29, 0.717) is 19.4 Å². The minimum absolute atomic E-state index is 0.0227. The fourth-order valence-electron chi connectivity index (χ4n) is 4.36. The normalized spacial score (nSPS) is 13.6. The molecule has 4 heteroatoms. The fourth-order valence-corrected chi connectivity index (χ4v) is 8.96. The molecule has 0 spiro atoms. The molecule has 172 valence electrons. The van der Waals surface area contributed by atoms with Gasteiger partial charge in [-0.25, -0.2) is 0 Å². The smallest absolute Gasteiger partial charge is 0.261 e. The van der Waals surface area contributed by atoms with Crippen molar-refractivity contribution in [2.24, 2.45) is 0 Å². The average molecular weight is 451 g/mol. The first-order chi connectivity index (χ1) is 15.4. The molecule has 0 heterocycles. The lowest BCUT2D eigenvalue weighted by molar-refractivity contribution is -0.104. The molecule has 0 bridgehead atoms. The third-order valence-corrected chi connectivity index (χ3v) is 11.0. The van der Waals surface area contributed by atoms with Crippen molar-refractivity contribution in [1.82, 2.24) is 0 Å². The first-order valence-corrected chi connectivity index (χ1v) is 13.5. The third kappa shape index (κ3) is 6.61. The summed E-state index contributed by atoms with van der Waals surface area (Å²) in [6.07, 6.45) is 7.30. The average Bonchev–Trinajstić information content (AvgIpc) is 2.78. The lowest BCUT2D eigenvalue weighted by Gasteiger charge is -2.43. The number of benzene rings is 2. The van der Waals surface area contributed by atoms with E-state index >= 15 is 0 Å². The zero-order chi connectivity index (χ0) is 23.5. The number of allylic oxidation sites excluding steroid dienone is 2. The van der Waals surface area contributed by atoms with Gasteiger partial charge in [0.1, 0.15) is 6.29 Å². The van der Waals surface area contributed by atoms with Gasteiger partial charge in [-0.3, -0.25) is 4.79 Å². The number of aliphatic hydroxyl groups excluding tert-OH is 1. The summed E-state index contributed by atoms with van der Waals surface area (Å²) in [6.45, 7) is 11.2. The van der Waals surface area contributed by atoms with E-state index in [2.05, 4.69) is 88.0 Å². The molecule has 1 N–H and O–H groups in total. The van der Waals surface area contributed by atoms with Crippen LogP contribution in [0.2, 0.25) is 5.04 Å². The van der Waals surface area contributed by atoms with Crippen LogP contribution in [0, 0.1) is 0 Å². The maximum Gasteiger partial charge on any atom is 0.261 e. The lowest BCUT2D eigenvalue weighted by atomic mass is 10.0. The molecule has 0 radical (unpaired) electrons. The Balaban J connectivity index is 2.07. The topological polar surface area (TPSA) is 46.5 Å². The van der Waals surface area contributed by atoms with Gasteiger partial charge in [0.25, 0.3) is 8.32 Å². The minimum Gasteiger partial charge on any atom is -0.407 e. The van der Waals surface area contributed by atoms with Crippen LogP contribution >= 0.6 is 0 Å². The summed E-state index contributed by atoms with van der Waals surface area (Å²) in [5.74, 6) is 0. The van der Waals surface area contributed by atoms with E-state index in [9.17, 15) is 9.90 Å². The predicted molar refractivity (Wildman–Crippen MR) is 137 cm³/mol. The Kier molecular flexibility index (Phi) is 10.3. The monoisotopic (exact) mass is 450 g/mol. The van der Waals surface area contributed by atoms with Crippen LogP contribution in [0.3, 0.4) is 0 Å². The Morgan fingerprint density at radius 2 is 1.56 bits per heavy atom. The van der Waals surface area contributed by atoms with Gasteiger partial charge >= 0.3 is 0 Å². The van der Waals surface area contributed by atoms with Crippen LogP contribution in [0.5, 0.6) is 0 Å². The first kappa shape index (κ1) is 26.0. The van der Waals surface area contributed by atoms with Crippen LogP contribution in [-0.2, 0) is 9.22 Å². The van der Waals surface area contributed by atoms with Gasteiger partial charge in [-0.1, -0.05) is 100 Å². The Morgan fingerprint density at radius 3 is 2.03 bits per heavy atom. The van der Waals surface area contributed by atoms with Gasteiger partial charge in [0.15, 0.2) is 0 Å². The lowest BCUT2D eigenvalue weighted by Crippen LogP contribution is -2.66. The van der Waals surface area contributed by atoms with E-state index in [-0.39, 0.29) is 5.04 Å². The maximum atomic E-state index is 10.8. The van der Waals surface area contributed by atoms with E-state index < -0.39 is 14.4 Å². The largest absolute Gasteiger partial charge is 0.407 e. The molecule has 0 aromatic heterocycles. The Bertz CT molecular complexity index is 814. The molecular formula is C28H38O3Si. The van der Waals surface area contributed by atoms with Crippen LogP contribution in [0.25, 0.3) is 0 Å². The van der Waals surface area contributed by atoms with Crippen LogP contribution in [0.1, 0.15) is 52.9 Å². The molecule has 0 amide bonds. The van der Waals surface area contributed by atoms with Crippen molar-refractivity contribution in [3.05, 3.63) is 85.0 Å². The van der Waals surface area contributed by atoms with Gasteiger partial charge in [-0.05, 0) is 46.3 Å². The molecule has 2 aromatic carbocycles. The molecule has 0 fully saturated rings. The zero-order valence-corrected chi connectivity index (χ0v) is 20.8. The quantitative estimate of drug-likeness (QED) is 0.150. The van der Waals surface area contributed by atoms with Gasteiger partial charge in [0, 0.05) is 6.61 Å². The molecular weight excluding hydrogens is 412 g/mol. The van der Waals surface area contributed by atoms with E-state index in [0.717, 1.165) is 31.1 Å². The van der Waals surface area contributed by atoms with E-state index in [1.807, 2.05) is 0 Å². The summed E-state index contributed by atoms with van der Waals surface area (Å²) in [7, 11) is -2.48. The number of hydrogen-bond acceptors (Lipinski definition) is 3. The highest BCUT2D eigenvalue weighted by atomic mass is 28.4. The van der Waals surface area contributed by atoms with Gasteiger partial charge in [-0.2, -0.15) is 0 Å². The summed E-state index contributed by atoms with van der Waals surface area (Å²) >= 11 is 0. The second-order valence-electron chi connectivity index (χ2n) is 9.25. The van der Waals surface area contributed by atoms with Gasteiger partial charge in [-0.15, -0.1) is 6.58 Å². The summed E-state index contributed by atoms with van der Waals surface area (Å²) in [6, 6.07) is 21.4. The first-order valence-electron chi connectivity index (χ1n) is 11.5. The molecule has 0 aliphatic rings. The molecule has 1 atom stereocenters. The van der Waals surface area contributed by atoms with Crippen molar-refractivity contribution in [1.29, 1.82) is 0 Å². The maximum absolute atomic E-state index is 10.8. The van der Waals surface area contributed by atoms with E-state index in [1.165, 1.54) is 16.4 Å². The summed E-state index contributed by atoms with van der Waals surface area (Å²) in [4.78, 5) is 10.8. The minimum atomic E-state index is -2.48. The predicted octanol–water partition coefficient (Wildman–Crippen LogP) is 5.19. The third-order valence-electron chi connectivity index (χ3n) is 5.95. The van der Waals surface area contributed by atoms with Crippen LogP contribution < -0.4 is 10.4 Å². The highest BCUT2D eigenvalue weighted by molar-refractivity contribution is 6.99. The second kappa shape index (κ2) is 12.7. The molecule has 1 unspecified atom stereocenters. The van der Waals surface area contributed by atoms with Crippen molar-refractivity contribution in [3.63, 3.8) is 0 Å². The number of carbonyl (C=O) groups excluding carboxylic acids is 1. The number of aldehydes is 1. The Morgan fingerprint density at radius 1 is 1.00 bits per heavy atom. The van der Waals surface area contributed by atoms with Crippen LogP contribution in [0.4, 0.5) is 0 Å². The number of hydrogen-bond donors (Lipinski definition) is 1. The second-order valence-corrected chi connectivity index (χ2v) is 13.6. The Hall–Kier alpha value is -2.27. The van der Waals surface area contributed by atoms with Gasteiger partial charge in [0.05, 0.1) is 6.10 Å². The summed E-state index contributed by atoms with van der Waals surface area (Å²) in [5, 5.41) is 12.9. The molecule has 0 saturated carbocycles. The number of unbranched alkanes of at least 4 members (excludes halogenated alkanes) is 2. The number of aliphatic hydroxyl groups is 1. The van der Waals surface area contributed by atoms with Gasteiger partial charge in [0.2, 0.25) is 0 Å². The zero-order valence-electron chi connectivity index (χ0n) is 19.8. The Labute approximate surface area is 195 Å². The van der Waals surface area contributed by atoms with Crippen LogP contribution in [0.15, 0.2) is 85.0 Å². The van der Waals surface area contributed by atoms with Gasteiger partial charge < -0.3 is 9.53 Å². The van der Waals surface area contributed by atoms with Crippen molar-refractivity contribution >= 4 is 25.0 Å². The number of rotatable bonds is 13. The SMILES string of the molecule is C=CC/C(=C/C=O)C(O)CCCCCO[Si](c1ccccc1)(c1ccccc1)C(C)(C)C. The molecule has 0 saturated heterocycles. The molecule has 32 heavy (non-hydrogen) atoms. The molecule has 3 nitrogen and oxygen atoms in total. The van der Waals surface area contributed by atoms with E-state index in [4.69, 9.17) is 4.43 Å². The van der Waals surface area contributed by atoms with Crippen molar-refractivity contribution in [3.8, 4) is 0 Å². The summed E-state index contributed by atoms with van der Waals surface area (Å²) in [5.41, 5.74) is 0.735. The molecule has 0 aliphatic heterocycles. The highest BCUT2D eigenvalue weighted by Gasteiger charge is 2.49. The molecule has 2 aromatic rings. The van der Waals surface area contributed by atoms with Crippen LogP contribution in [-0.4, -0.2) is 32.4 Å². The fraction of sp³-hybridized carbons (Fsp3) is 0.393. The van der Waals surface area contributed by atoms with Crippen molar-refractivity contribution in [2.75, 3.05) is 6.61 Å².